The first kappa shape index (κ1) is 31.6. The van der Waals surface area contributed by atoms with Gasteiger partial charge in [-0.05, 0) is 98.1 Å². The second kappa shape index (κ2) is 17.0. The molecule has 3 rings (SSSR count). The van der Waals surface area contributed by atoms with Gasteiger partial charge in [-0.15, -0.1) is 26.3 Å². The lowest BCUT2D eigenvalue weighted by atomic mass is 9.93. The van der Waals surface area contributed by atoms with E-state index in [2.05, 4.69) is 48.2 Å². The number of unbranched alkanes of at least 4 members (excludes halogenated alkanes) is 2. The molecule has 1 aliphatic rings. The fraction of sp³-hybridized carbons (Fsp3) is 0.429. The van der Waals surface area contributed by atoms with E-state index < -0.39 is 12.2 Å². The summed E-state index contributed by atoms with van der Waals surface area (Å²) in [6, 6.07) is 12.0. The summed E-state index contributed by atoms with van der Waals surface area (Å²) in [6.07, 6.45) is 12.8. The van der Waals surface area contributed by atoms with Gasteiger partial charge in [0, 0.05) is 32.6 Å². The molecule has 0 aliphatic carbocycles. The van der Waals surface area contributed by atoms with Gasteiger partial charge < -0.3 is 14.9 Å². The molecular formula is C35H48N2O3. The number of rotatable bonds is 20. The molecule has 0 saturated carbocycles. The first-order valence-electron chi connectivity index (χ1n) is 14.7. The lowest BCUT2D eigenvalue weighted by Gasteiger charge is -2.23. The number of ether oxygens (including phenoxy) is 1. The Bertz CT molecular complexity index is 1010. The smallest absolute Gasteiger partial charge is 0.130 e. The molecule has 0 radical (unpaired) electrons. The van der Waals surface area contributed by atoms with Crippen LogP contribution in [0.15, 0.2) is 87.0 Å². The van der Waals surface area contributed by atoms with Crippen LogP contribution in [0.1, 0.15) is 73.0 Å². The monoisotopic (exact) mass is 544 g/mol. The van der Waals surface area contributed by atoms with Crippen molar-refractivity contribution in [3.05, 3.63) is 109 Å². The minimum atomic E-state index is -0.499. The molecule has 2 unspecified atom stereocenters. The molecular weight excluding hydrogens is 496 g/mol. The summed E-state index contributed by atoms with van der Waals surface area (Å²) in [6.45, 7) is 20.7. The Kier molecular flexibility index (Phi) is 13.4. The molecule has 5 nitrogen and oxygen atoms in total. The van der Waals surface area contributed by atoms with Crippen molar-refractivity contribution in [3.63, 3.8) is 0 Å². The molecule has 0 aromatic heterocycles. The number of hydrogen-bond donors (Lipinski definition) is 2. The number of nitrogens with zero attached hydrogens (tertiary/aromatic N) is 2. The van der Waals surface area contributed by atoms with Gasteiger partial charge in [0.25, 0.3) is 0 Å². The van der Waals surface area contributed by atoms with Crippen LogP contribution in [0.3, 0.4) is 0 Å². The lowest BCUT2D eigenvalue weighted by Crippen LogP contribution is -2.25. The molecule has 1 aliphatic heterocycles. The number of hydrogen-bond acceptors (Lipinski definition) is 5. The Hall–Kier alpha value is -2.96. The van der Waals surface area contributed by atoms with E-state index in [1.807, 2.05) is 48.6 Å². The highest BCUT2D eigenvalue weighted by Crippen LogP contribution is 2.39. The second-order valence-corrected chi connectivity index (χ2v) is 10.7. The lowest BCUT2D eigenvalue weighted by molar-refractivity contribution is 0.161. The van der Waals surface area contributed by atoms with Gasteiger partial charge in [-0.1, -0.05) is 36.4 Å². The van der Waals surface area contributed by atoms with Gasteiger partial charge in [0.05, 0.1) is 12.2 Å². The molecule has 2 atom stereocenters. The quantitative estimate of drug-likeness (QED) is 0.117. The first-order valence-corrected chi connectivity index (χ1v) is 14.7. The van der Waals surface area contributed by atoms with Crippen LogP contribution in [0.2, 0.25) is 0 Å². The van der Waals surface area contributed by atoms with Crippen molar-refractivity contribution in [2.45, 2.75) is 57.2 Å². The van der Waals surface area contributed by atoms with Gasteiger partial charge in [-0.25, -0.2) is 0 Å². The van der Waals surface area contributed by atoms with Gasteiger partial charge in [-0.2, -0.15) is 0 Å². The van der Waals surface area contributed by atoms with Crippen molar-refractivity contribution < 1.29 is 14.9 Å². The molecule has 0 spiro atoms. The summed E-state index contributed by atoms with van der Waals surface area (Å²) in [5, 5.41) is 21.7. The zero-order valence-electron chi connectivity index (χ0n) is 24.1. The average molecular weight is 545 g/mol. The zero-order chi connectivity index (χ0) is 28.7. The summed E-state index contributed by atoms with van der Waals surface area (Å²) < 4.78 is 6.18. The number of fused-ring (bicyclic) bond motifs is 2. The number of benzene rings is 2. The van der Waals surface area contributed by atoms with Crippen molar-refractivity contribution in [1.82, 2.24) is 9.80 Å². The van der Waals surface area contributed by atoms with Crippen LogP contribution in [0.4, 0.5) is 0 Å². The van der Waals surface area contributed by atoms with E-state index in [0.717, 1.165) is 118 Å². The third kappa shape index (κ3) is 9.60. The highest BCUT2D eigenvalue weighted by atomic mass is 16.5. The Morgan fingerprint density at radius 1 is 0.650 bits per heavy atom. The molecule has 0 fully saturated rings. The fourth-order valence-corrected chi connectivity index (χ4v) is 5.34. The third-order valence-electron chi connectivity index (χ3n) is 7.49. The Morgan fingerprint density at radius 3 is 1.43 bits per heavy atom. The predicted octanol–water partition coefficient (Wildman–Crippen LogP) is 7.14. The molecule has 5 heteroatoms. The van der Waals surface area contributed by atoms with E-state index in [1.54, 1.807) is 0 Å². The van der Waals surface area contributed by atoms with Crippen LogP contribution < -0.4 is 4.74 Å². The summed E-state index contributed by atoms with van der Waals surface area (Å²) in [5.41, 5.74) is 4.00. The zero-order valence-corrected chi connectivity index (χ0v) is 24.1. The van der Waals surface area contributed by atoms with Crippen LogP contribution in [0.25, 0.3) is 0 Å². The predicted molar refractivity (Wildman–Crippen MR) is 167 cm³/mol. The summed E-state index contributed by atoms with van der Waals surface area (Å²) in [5.74, 6) is 1.68. The molecule has 2 aromatic rings. The summed E-state index contributed by atoms with van der Waals surface area (Å²) >= 11 is 0. The van der Waals surface area contributed by atoms with Gasteiger partial charge in [0.2, 0.25) is 0 Å². The van der Waals surface area contributed by atoms with E-state index in [4.69, 9.17) is 4.74 Å². The van der Waals surface area contributed by atoms with E-state index in [-0.39, 0.29) is 0 Å². The third-order valence-corrected chi connectivity index (χ3v) is 7.49. The maximum Gasteiger partial charge on any atom is 0.130 e. The van der Waals surface area contributed by atoms with Gasteiger partial charge in [0.15, 0.2) is 0 Å². The molecule has 0 saturated heterocycles. The van der Waals surface area contributed by atoms with E-state index >= 15 is 0 Å². The van der Waals surface area contributed by atoms with Crippen LogP contribution in [-0.4, -0.2) is 59.3 Å². The fourth-order valence-electron chi connectivity index (χ4n) is 5.34. The number of aliphatic hydroxyl groups excluding tert-OH is 2. The van der Waals surface area contributed by atoms with E-state index in [1.165, 1.54) is 0 Å². The standard InChI is InChI=1S/C35H48N2O3/c1-5-19-36(20-6-2)23-11-9-13-32(38)28-15-17-34-30(25-28)27-31-26-29(16-18-35(31)40-34)33(39)14-10-12-24-37(21-7-3)22-8-4/h5-8,15-18,25-26,32-33,38-39H,1-4,9-14,19-24,27H2. The normalized spacial score (nSPS) is 13.7. The van der Waals surface area contributed by atoms with Crippen LogP contribution in [0.5, 0.6) is 11.5 Å². The Balaban J connectivity index is 1.52. The van der Waals surface area contributed by atoms with Crippen molar-refractivity contribution in [3.8, 4) is 11.5 Å². The van der Waals surface area contributed by atoms with Crippen molar-refractivity contribution in [2.75, 3.05) is 39.3 Å². The summed E-state index contributed by atoms with van der Waals surface area (Å²) in [7, 11) is 0. The number of aliphatic hydroxyl groups is 2. The van der Waals surface area contributed by atoms with Crippen molar-refractivity contribution in [2.24, 2.45) is 0 Å². The van der Waals surface area contributed by atoms with Crippen molar-refractivity contribution >= 4 is 0 Å². The molecule has 2 N–H and O–H groups in total. The SMILES string of the molecule is C=CCN(CC=C)CCCCC(O)c1ccc2c(c1)Cc1cc(C(O)CCCCN(CC=C)CC=C)ccc1O2. The largest absolute Gasteiger partial charge is 0.457 e. The minimum Gasteiger partial charge on any atom is -0.457 e. The molecule has 1 heterocycles. The molecule has 0 amide bonds. The van der Waals surface area contributed by atoms with Crippen molar-refractivity contribution in [1.29, 1.82) is 0 Å². The average Bonchev–Trinajstić information content (AvgIpc) is 2.96. The van der Waals surface area contributed by atoms with Crippen LogP contribution >= 0.6 is 0 Å². The molecule has 2 aromatic carbocycles. The Labute approximate surface area is 241 Å². The maximum absolute atomic E-state index is 10.9. The van der Waals surface area contributed by atoms with Crippen LogP contribution in [-0.2, 0) is 6.42 Å². The van der Waals surface area contributed by atoms with E-state index in [0.29, 0.717) is 0 Å². The minimum absolute atomic E-state index is 0.499. The highest BCUT2D eigenvalue weighted by molar-refractivity contribution is 5.52. The highest BCUT2D eigenvalue weighted by Gasteiger charge is 2.21. The second-order valence-electron chi connectivity index (χ2n) is 10.7. The van der Waals surface area contributed by atoms with Gasteiger partial charge >= 0.3 is 0 Å². The van der Waals surface area contributed by atoms with E-state index in [9.17, 15) is 10.2 Å². The maximum atomic E-state index is 10.9. The molecule has 216 valence electrons. The van der Waals surface area contributed by atoms with Gasteiger partial charge in [0.1, 0.15) is 11.5 Å². The van der Waals surface area contributed by atoms with Gasteiger partial charge in [-0.3, -0.25) is 9.80 Å². The Morgan fingerprint density at radius 2 is 1.05 bits per heavy atom. The summed E-state index contributed by atoms with van der Waals surface area (Å²) in [4.78, 5) is 4.60. The molecule has 40 heavy (non-hydrogen) atoms. The topological polar surface area (TPSA) is 56.2 Å². The molecule has 0 bridgehead atoms. The van der Waals surface area contributed by atoms with Crippen LogP contribution in [0, 0.1) is 0 Å². The first-order chi connectivity index (χ1) is 19.5.